The molecule has 3 aromatic carbocycles. The Kier molecular flexibility index (Phi) is 5.00. The molecule has 25 heavy (non-hydrogen) atoms. The minimum Gasteiger partial charge on any atom is -0.356 e. The van der Waals surface area contributed by atoms with Crippen LogP contribution in [0, 0.1) is 0 Å². The zero-order valence-corrected chi connectivity index (χ0v) is 15.5. The van der Waals surface area contributed by atoms with E-state index in [-0.39, 0.29) is 0 Å². The number of rotatable bonds is 3. The Bertz CT molecular complexity index is 757. The van der Waals surface area contributed by atoms with Gasteiger partial charge in [0.1, 0.15) is 0 Å². The Morgan fingerprint density at radius 1 is 0.680 bits per heavy atom. The van der Waals surface area contributed by atoms with E-state index in [0.717, 1.165) is 16.5 Å². The molecule has 2 unspecified atom stereocenters. The molecule has 0 radical (unpaired) electrons. The van der Waals surface area contributed by atoms with Crippen LogP contribution >= 0.6 is 23.4 Å². The van der Waals surface area contributed by atoms with Gasteiger partial charge >= 0.3 is 0 Å². The summed E-state index contributed by atoms with van der Waals surface area (Å²) in [7, 11) is 0. The zero-order valence-electron chi connectivity index (χ0n) is 13.9. The molecule has 126 valence electrons. The molecule has 2 atom stereocenters. The summed E-state index contributed by atoms with van der Waals surface area (Å²) in [5, 5.41) is 0.780. The van der Waals surface area contributed by atoms with Gasteiger partial charge in [0.05, 0.1) is 12.1 Å². The Hall–Kier alpha value is -1.90. The van der Waals surface area contributed by atoms with Gasteiger partial charge in [0.2, 0.25) is 0 Å². The number of nitrogens with zero attached hydrogens (tertiary/aromatic N) is 1. The predicted octanol–water partition coefficient (Wildman–Crippen LogP) is 6.38. The van der Waals surface area contributed by atoms with Crippen LogP contribution in [0.25, 0.3) is 0 Å². The van der Waals surface area contributed by atoms with Crippen LogP contribution in [0.1, 0.15) is 23.2 Å². The van der Waals surface area contributed by atoms with Crippen LogP contribution in [0.4, 0.5) is 5.69 Å². The van der Waals surface area contributed by atoms with Crippen molar-refractivity contribution in [3.8, 4) is 0 Å². The minimum atomic E-state index is 0.353. The first-order valence-electron chi connectivity index (χ1n) is 8.54. The first-order chi connectivity index (χ1) is 12.3. The van der Waals surface area contributed by atoms with Crippen molar-refractivity contribution in [2.45, 2.75) is 12.1 Å². The maximum absolute atomic E-state index is 6.13. The number of hydrogen-bond acceptors (Lipinski definition) is 2. The molecule has 0 amide bonds. The van der Waals surface area contributed by atoms with Crippen molar-refractivity contribution in [2.24, 2.45) is 0 Å². The molecule has 1 aliphatic rings. The molecule has 3 heteroatoms. The normalized spacial score (nSPS) is 20.4. The second-order valence-corrected chi connectivity index (χ2v) is 7.79. The molecule has 0 spiro atoms. The SMILES string of the molecule is Clc1ccc(N2C(c3ccccc3)CSCC2c2ccccc2)cc1. The van der Waals surface area contributed by atoms with Crippen LogP contribution in [0.15, 0.2) is 84.9 Å². The predicted molar refractivity (Wildman–Crippen MR) is 110 cm³/mol. The van der Waals surface area contributed by atoms with E-state index in [1.807, 2.05) is 23.9 Å². The number of thioether (sulfide) groups is 1. The molecule has 4 rings (SSSR count). The summed E-state index contributed by atoms with van der Waals surface area (Å²) in [6.07, 6.45) is 0. The average molecular weight is 366 g/mol. The van der Waals surface area contributed by atoms with Gasteiger partial charge in [0, 0.05) is 22.2 Å². The van der Waals surface area contributed by atoms with Crippen LogP contribution in [-0.4, -0.2) is 11.5 Å². The minimum absolute atomic E-state index is 0.353. The highest BCUT2D eigenvalue weighted by molar-refractivity contribution is 7.99. The van der Waals surface area contributed by atoms with E-state index in [1.54, 1.807) is 0 Å². The van der Waals surface area contributed by atoms with E-state index in [9.17, 15) is 0 Å². The van der Waals surface area contributed by atoms with E-state index < -0.39 is 0 Å². The topological polar surface area (TPSA) is 3.24 Å². The van der Waals surface area contributed by atoms with Crippen LogP contribution in [-0.2, 0) is 0 Å². The summed E-state index contributed by atoms with van der Waals surface area (Å²) in [4.78, 5) is 2.57. The monoisotopic (exact) mass is 365 g/mol. The highest BCUT2D eigenvalue weighted by Gasteiger charge is 2.33. The lowest BCUT2D eigenvalue weighted by Gasteiger charge is -2.44. The van der Waals surface area contributed by atoms with Gasteiger partial charge in [-0.1, -0.05) is 72.3 Å². The number of benzene rings is 3. The lowest BCUT2D eigenvalue weighted by Crippen LogP contribution is -2.39. The fourth-order valence-corrected chi connectivity index (χ4v) is 4.92. The van der Waals surface area contributed by atoms with Crippen molar-refractivity contribution in [3.05, 3.63) is 101 Å². The summed E-state index contributed by atoms with van der Waals surface area (Å²) in [6.45, 7) is 0. The zero-order chi connectivity index (χ0) is 17.1. The molecule has 0 aliphatic carbocycles. The van der Waals surface area contributed by atoms with E-state index in [4.69, 9.17) is 11.6 Å². The molecule has 0 N–H and O–H groups in total. The largest absolute Gasteiger partial charge is 0.356 e. The second-order valence-electron chi connectivity index (χ2n) is 6.27. The van der Waals surface area contributed by atoms with Gasteiger partial charge in [0.25, 0.3) is 0 Å². The van der Waals surface area contributed by atoms with E-state index in [1.165, 1.54) is 16.8 Å². The molecule has 3 aromatic rings. The van der Waals surface area contributed by atoms with E-state index >= 15 is 0 Å². The van der Waals surface area contributed by atoms with Gasteiger partial charge in [-0.25, -0.2) is 0 Å². The van der Waals surface area contributed by atoms with Gasteiger partial charge in [-0.15, -0.1) is 0 Å². The van der Waals surface area contributed by atoms with Crippen molar-refractivity contribution in [3.63, 3.8) is 0 Å². The van der Waals surface area contributed by atoms with Crippen molar-refractivity contribution >= 4 is 29.1 Å². The molecule has 1 nitrogen and oxygen atoms in total. The van der Waals surface area contributed by atoms with Gasteiger partial charge in [-0.3, -0.25) is 0 Å². The summed E-state index contributed by atoms with van der Waals surface area (Å²) in [6, 6.07) is 30.6. The molecule has 1 aliphatic heterocycles. The fourth-order valence-electron chi connectivity index (χ4n) is 3.51. The molecular formula is C22H20ClNS. The first-order valence-corrected chi connectivity index (χ1v) is 10.1. The third-order valence-corrected chi connectivity index (χ3v) is 6.07. The molecule has 1 saturated heterocycles. The second kappa shape index (κ2) is 7.55. The summed E-state index contributed by atoms with van der Waals surface area (Å²) < 4.78 is 0. The summed E-state index contributed by atoms with van der Waals surface area (Å²) in [5.74, 6) is 2.19. The molecule has 0 saturated carbocycles. The smallest absolute Gasteiger partial charge is 0.0639 e. The van der Waals surface area contributed by atoms with Crippen LogP contribution in [0.5, 0.6) is 0 Å². The quantitative estimate of drug-likeness (QED) is 0.530. The van der Waals surface area contributed by atoms with Crippen molar-refractivity contribution in [1.82, 2.24) is 0 Å². The number of halogens is 1. The van der Waals surface area contributed by atoms with E-state index in [0.29, 0.717) is 12.1 Å². The lowest BCUT2D eigenvalue weighted by atomic mass is 9.99. The maximum Gasteiger partial charge on any atom is 0.0639 e. The first kappa shape index (κ1) is 16.6. The molecular weight excluding hydrogens is 346 g/mol. The van der Waals surface area contributed by atoms with E-state index in [2.05, 4.69) is 77.7 Å². The third kappa shape index (κ3) is 3.56. The Morgan fingerprint density at radius 2 is 1.16 bits per heavy atom. The fraction of sp³-hybridized carbons (Fsp3) is 0.182. The molecule has 0 aromatic heterocycles. The van der Waals surface area contributed by atoms with Crippen molar-refractivity contribution < 1.29 is 0 Å². The highest BCUT2D eigenvalue weighted by atomic mass is 35.5. The number of anilines is 1. The maximum atomic E-state index is 6.13. The van der Waals surface area contributed by atoms with Crippen molar-refractivity contribution in [2.75, 3.05) is 16.4 Å². The Morgan fingerprint density at radius 3 is 1.64 bits per heavy atom. The standard InChI is InChI=1S/C22H20ClNS/c23-19-11-13-20(14-12-19)24-21(17-7-3-1-4-8-17)15-25-16-22(24)18-9-5-2-6-10-18/h1-14,21-22H,15-16H2. The third-order valence-electron chi connectivity index (χ3n) is 4.72. The molecule has 0 bridgehead atoms. The Labute approximate surface area is 158 Å². The summed E-state index contributed by atoms with van der Waals surface area (Å²) >= 11 is 8.17. The van der Waals surface area contributed by atoms with Crippen molar-refractivity contribution in [1.29, 1.82) is 0 Å². The highest BCUT2D eigenvalue weighted by Crippen LogP contribution is 2.43. The molecule has 1 heterocycles. The average Bonchev–Trinajstić information content (AvgIpc) is 2.69. The Balaban J connectivity index is 1.79. The molecule has 1 fully saturated rings. The van der Waals surface area contributed by atoms with Gasteiger partial charge in [-0.2, -0.15) is 11.8 Å². The van der Waals surface area contributed by atoms with Crippen LogP contribution < -0.4 is 4.90 Å². The van der Waals surface area contributed by atoms with Gasteiger partial charge < -0.3 is 4.90 Å². The van der Waals surface area contributed by atoms with Gasteiger partial charge in [0.15, 0.2) is 0 Å². The van der Waals surface area contributed by atoms with Crippen LogP contribution in [0.3, 0.4) is 0 Å². The van der Waals surface area contributed by atoms with Gasteiger partial charge in [-0.05, 0) is 35.4 Å². The lowest BCUT2D eigenvalue weighted by molar-refractivity contribution is 0.582. The summed E-state index contributed by atoms with van der Waals surface area (Å²) in [5.41, 5.74) is 3.96. The number of hydrogen-bond donors (Lipinski definition) is 0. The van der Waals surface area contributed by atoms with Crippen LogP contribution in [0.2, 0.25) is 5.02 Å².